The zero-order valence-corrected chi connectivity index (χ0v) is 15.5. The molecule has 0 saturated carbocycles. The van der Waals surface area contributed by atoms with Crippen molar-refractivity contribution >= 4 is 23.2 Å². The number of carbonyl (C=O) groups excluding carboxylic acids is 2. The highest BCUT2D eigenvalue weighted by molar-refractivity contribution is 5.93. The second-order valence-electron chi connectivity index (χ2n) is 6.19. The van der Waals surface area contributed by atoms with Crippen molar-refractivity contribution in [3.05, 3.63) is 54.1 Å². The van der Waals surface area contributed by atoms with Gasteiger partial charge in [0.25, 0.3) is 5.91 Å². The van der Waals surface area contributed by atoms with E-state index in [0.29, 0.717) is 29.5 Å². The van der Waals surface area contributed by atoms with E-state index in [1.54, 1.807) is 31.2 Å². The molecule has 0 aliphatic heterocycles. The van der Waals surface area contributed by atoms with Crippen molar-refractivity contribution < 1.29 is 14.3 Å². The van der Waals surface area contributed by atoms with Gasteiger partial charge >= 0.3 is 0 Å². The van der Waals surface area contributed by atoms with Gasteiger partial charge in [0.1, 0.15) is 5.75 Å². The largest absolute Gasteiger partial charge is 0.484 e. The van der Waals surface area contributed by atoms with Gasteiger partial charge in [-0.15, -0.1) is 0 Å². The Balaban J connectivity index is 1.82. The molecule has 0 bridgehead atoms. The van der Waals surface area contributed by atoms with Crippen molar-refractivity contribution in [1.29, 1.82) is 0 Å². The van der Waals surface area contributed by atoms with Crippen molar-refractivity contribution in [3.8, 4) is 5.75 Å². The van der Waals surface area contributed by atoms with Crippen LogP contribution in [0.15, 0.2) is 48.5 Å². The SMILES string of the molecule is CCC(=O)Nc1ccc(NC(=O)COc2ccc(C(C)CC)cc2)cc1. The first-order valence-corrected chi connectivity index (χ1v) is 8.94. The van der Waals surface area contributed by atoms with Gasteiger partial charge in [-0.2, -0.15) is 0 Å². The number of carbonyl (C=O) groups is 2. The van der Waals surface area contributed by atoms with Crippen LogP contribution < -0.4 is 15.4 Å². The lowest BCUT2D eigenvalue weighted by Crippen LogP contribution is -2.20. The van der Waals surface area contributed by atoms with Gasteiger partial charge in [-0.25, -0.2) is 0 Å². The third-order valence-corrected chi connectivity index (χ3v) is 4.20. The van der Waals surface area contributed by atoms with E-state index in [0.717, 1.165) is 6.42 Å². The van der Waals surface area contributed by atoms with E-state index in [1.165, 1.54) is 5.56 Å². The highest BCUT2D eigenvalue weighted by atomic mass is 16.5. The Hall–Kier alpha value is -2.82. The Labute approximate surface area is 154 Å². The van der Waals surface area contributed by atoms with Gasteiger partial charge in [-0.05, 0) is 54.3 Å². The number of amides is 2. The quantitative estimate of drug-likeness (QED) is 0.730. The number of hydrogen-bond acceptors (Lipinski definition) is 3. The maximum Gasteiger partial charge on any atom is 0.262 e. The molecular formula is C21H26N2O3. The summed E-state index contributed by atoms with van der Waals surface area (Å²) in [6.45, 7) is 6.07. The van der Waals surface area contributed by atoms with E-state index in [4.69, 9.17) is 4.74 Å². The summed E-state index contributed by atoms with van der Waals surface area (Å²) in [7, 11) is 0. The highest BCUT2D eigenvalue weighted by Crippen LogP contribution is 2.21. The average molecular weight is 354 g/mol. The maximum absolute atomic E-state index is 12.0. The van der Waals surface area contributed by atoms with Gasteiger partial charge in [0, 0.05) is 17.8 Å². The first-order valence-electron chi connectivity index (χ1n) is 8.94. The number of ether oxygens (including phenoxy) is 1. The minimum atomic E-state index is -0.235. The molecule has 5 nitrogen and oxygen atoms in total. The van der Waals surface area contributed by atoms with Gasteiger partial charge in [0.2, 0.25) is 5.91 Å². The topological polar surface area (TPSA) is 67.4 Å². The van der Waals surface area contributed by atoms with Gasteiger partial charge in [-0.3, -0.25) is 9.59 Å². The van der Waals surface area contributed by atoms with Crippen LogP contribution in [0.5, 0.6) is 5.75 Å². The fraction of sp³-hybridized carbons (Fsp3) is 0.333. The molecular weight excluding hydrogens is 328 g/mol. The molecule has 2 N–H and O–H groups in total. The van der Waals surface area contributed by atoms with Crippen molar-refractivity contribution in [2.45, 2.75) is 39.5 Å². The summed E-state index contributed by atoms with van der Waals surface area (Å²) < 4.78 is 5.53. The normalized spacial score (nSPS) is 11.5. The Morgan fingerprint density at radius 2 is 1.42 bits per heavy atom. The molecule has 1 atom stereocenters. The van der Waals surface area contributed by atoms with Gasteiger partial charge in [0.05, 0.1) is 0 Å². The van der Waals surface area contributed by atoms with Crippen molar-refractivity contribution in [2.75, 3.05) is 17.2 Å². The highest BCUT2D eigenvalue weighted by Gasteiger charge is 2.06. The molecule has 0 radical (unpaired) electrons. The minimum Gasteiger partial charge on any atom is -0.484 e. The molecule has 0 aromatic heterocycles. The number of nitrogens with one attached hydrogen (secondary N) is 2. The van der Waals surface area contributed by atoms with Crippen molar-refractivity contribution in [3.63, 3.8) is 0 Å². The van der Waals surface area contributed by atoms with E-state index in [-0.39, 0.29) is 18.4 Å². The van der Waals surface area contributed by atoms with E-state index < -0.39 is 0 Å². The molecule has 26 heavy (non-hydrogen) atoms. The number of rotatable bonds is 8. The van der Waals surface area contributed by atoms with Crippen LogP contribution in [0.1, 0.15) is 45.1 Å². The Kier molecular flexibility index (Phi) is 7.21. The molecule has 0 fully saturated rings. The molecule has 0 spiro atoms. The fourth-order valence-corrected chi connectivity index (χ4v) is 2.36. The molecule has 2 aromatic rings. The van der Waals surface area contributed by atoms with Crippen LogP contribution in [-0.2, 0) is 9.59 Å². The summed E-state index contributed by atoms with van der Waals surface area (Å²) in [4.78, 5) is 23.4. The van der Waals surface area contributed by atoms with Gasteiger partial charge < -0.3 is 15.4 Å². The molecule has 2 amide bonds. The first-order chi connectivity index (χ1) is 12.5. The molecule has 0 aliphatic carbocycles. The average Bonchev–Trinajstić information content (AvgIpc) is 2.67. The second kappa shape index (κ2) is 9.61. The summed E-state index contributed by atoms with van der Waals surface area (Å²) >= 11 is 0. The third kappa shape index (κ3) is 5.92. The molecule has 2 rings (SSSR count). The maximum atomic E-state index is 12.0. The lowest BCUT2D eigenvalue weighted by molar-refractivity contribution is -0.118. The van der Waals surface area contributed by atoms with Crippen LogP contribution in [-0.4, -0.2) is 18.4 Å². The van der Waals surface area contributed by atoms with Gasteiger partial charge in [-0.1, -0.05) is 32.9 Å². The summed E-state index contributed by atoms with van der Waals surface area (Å²) in [5.74, 6) is 0.901. The second-order valence-corrected chi connectivity index (χ2v) is 6.19. The zero-order chi connectivity index (χ0) is 18.9. The first kappa shape index (κ1) is 19.5. The van der Waals surface area contributed by atoms with E-state index in [2.05, 4.69) is 24.5 Å². The van der Waals surface area contributed by atoms with E-state index >= 15 is 0 Å². The lowest BCUT2D eigenvalue weighted by atomic mass is 9.99. The smallest absolute Gasteiger partial charge is 0.262 e. The Morgan fingerprint density at radius 1 is 0.885 bits per heavy atom. The molecule has 1 unspecified atom stereocenters. The van der Waals surface area contributed by atoms with E-state index in [9.17, 15) is 9.59 Å². The van der Waals surface area contributed by atoms with Crippen LogP contribution in [0.4, 0.5) is 11.4 Å². The predicted molar refractivity (Wildman–Crippen MR) is 105 cm³/mol. The molecule has 0 saturated heterocycles. The van der Waals surface area contributed by atoms with E-state index in [1.807, 2.05) is 24.3 Å². The number of benzene rings is 2. The molecule has 138 valence electrons. The summed E-state index contributed by atoms with van der Waals surface area (Å²) in [6, 6.07) is 14.8. The summed E-state index contributed by atoms with van der Waals surface area (Å²) in [5.41, 5.74) is 2.62. The number of hydrogen-bond donors (Lipinski definition) is 2. The Morgan fingerprint density at radius 3 is 1.92 bits per heavy atom. The monoisotopic (exact) mass is 354 g/mol. The van der Waals surface area contributed by atoms with Crippen LogP contribution in [0.2, 0.25) is 0 Å². The Bertz CT molecular complexity index is 724. The lowest BCUT2D eigenvalue weighted by Gasteiger charge is -2.11. The minimum absolute atomic E-state index is 0.0467. The zero-order valence-electron chi connectivity index (χ0n) is 15.5. The van der Waals surface area contributed by atoms with Crippen molar-refractivity contribution in [1.82, 2.24) is 0 Å². The summed E-state index contributed by atoms with van der Waals surface area (Å²) in [5, 5.41) is 5.53. The molecule has 0 aliphatic rings. The van der Waals surface area contributed by atoms with Crippen LogP contribution in [0.25, 0.3) is 0 Å². The third-order valence-electron chi connectivity index (χ3n) is 4.20. The van der Waals surface area contributed by atoms with Crippen LogP contribution in [0, 0.1) is 0 Å². The fourth-order valence-electron chi connectivity index (χ4n) is 2.36. The molecule has 0 heterocycles. The predicted octanol–water partition coefficient (Wildman–Crippen LogP) is 4.57. The van der Waals surface area contributed by atoms with Crippen LogP contribution >= 0.6 is 0 Å². The van der Waals surface area contributed by atoms with Gasteiger partial charge in [0.15, 0.2) is 6.61 Å². The summed E-state index contributed by atoms with van der Waals surface area (Å²) in [6.07, 6.45) is 1.51. The molecule has 5 heteroatoms. The molecule has 2 aromatic carbocycles. The number of anilines is 2. The van der Waals surface area contributed by atoms with Crippen LogP contribution in [0.3, 0.4) is 0 Å². The van der Waals surface area contributed by atoms with Crippen molar-refractivity contribution in [2.24, 2.45) is 0 Å². The standard InChI is InChI=1S/C21H26N2O3/c1-4-15(3)16-6-12-19(13-7-16)26-14-21(25)23-18-10-8-17(9-11-18)22-20(24)5-2/h6-13,15H,4-5,14H2,1-3H3,(H,22,24)(H,23,25).